The third-order valence-electron chi connectivity index (χ3n) is 4.46. The van der Waals surface area contributed by atoms with Crippen molar-refractivity contribution in [2.45, 2.75) is 52.1 Å². The van der Waals surface area contributed by atoms with Crippen molar-refractivity contribution in [1.29, 1.82) is 0 Å². The van der Waals surface area contributed by atoms with Crippen LogP contribution >= 0.6 is 0 Å². The normalized spacial score (nSPS) is 23.6. The summed E-state index contributed by atoms with van der Waals surface area (Å²) in [7, 11) is 1.72. The lowest BCUT2D eigenvalue weighted by Crippen LogP contribution is -2.37. The average molecular weight is 276 g/mol. The maximum atomic E-state index is 5.88. The predicted octanol–water partition coefficient (Wildman–Crippen LogP) is 4.64. The second-order valence-corrected chi connectivity index (χ2v) is 6.90. The van der Waals surface area contributed by atoms with E-state index in [1.54, 1.807) is 7.11 Å². The van der Waals surface area contributed by atoms with E-state index in [0.29, 0.717) is 17.8 Å². The van der Waals surface area contributed by atoms with Crippen molar-refractivity contribution in [3.05, 3.63) is 29.8 Å². The summed E-state index contributed by atoms with van der Waals surface area (Å²) in [5.41, 5.74) is 1.45. The van der Waals surface area contributed by atoms with Gasteiger partial charge >= 0.3 is 0 Å². The van der Waals surface area contributed by atoms with Crippen LogP contribution in [0.25, 0.3) is 0 Å². The fraction of sp³-hybridized carbons (Fsp3) is 0.667. The van der Waals surface area contributed by atoms with Crippen molar-refractivity contribution < 1.29 is 9.47 Å². The summed E-state index contributed by atoms with van der Waals surface area (Å²) in [4.78, 5) is 0. The molecule has 1 heterocycles. The van der Waals surface area contributed by atoms with Crippen LogP contribution in [0.2, 0.25) is 0 Å². The minimum Gasteiger partial charge on any atom is -0.497 e. The molecule has 0 radical (unpaired) electrons. The molecule has 1 aromatic carbocycles. The molecular formula is C18H28O2. The van der Waals surface area contributed by atoms with Crippen molar-refractivity contribution in [2.75, 3.05) is 13.7 Å². The third kappa shape index (κ3) is 3.54. The van der Waals surface area contributed by atoms with Crippen LogP contribution in [0.1, 0.15) is 52.0 Å². The Morgan fingerprint density at radius 2 is 1.85 bits per heavy atom. The first-order valence-electron chi connectivity index (χ1n) is 7.71. The van der Waals surface area contributed by atoms with Crippen LogP contribution in [0.15, 0.2) is 24.3 Å². The molecule has 2 rings (SSSR count). The maximum Gasteiger partial charge on any atom is 0.118 e. The van der Waals surface area contributed by atoms with E-state index in [4.69, 9.17) is 9.47 Å². The number of methoxy groups -OCH3 is 1. The van der Waals surface area contributed by atoms with Gasteiger partial charge in [-0.3, -0.25) is 0 Å². The fourth-order valence-electron chi connectivity index (χ4n) is 3.61. The molecule has 2 heteroatoms. The molecule has 2 unspecified atom stereocenters. The molecule has 0 bridgehead atoms. The van der Waals surface area contributed by atoms with Gasteiger partial charge in [-0.05, 0) is 62.1 Å². The molecule has 1 aromatic rings. The monoisotopic (exact) mass is 276 g/mol. The zero-order valence-electron chi connectivity index (χ0n) is 13.5. The lowest BCUT2D eigenvalue weighted by Gasteiger charge is -2.41. The highest BCUT2D eigenvalue weighted by Crippen LogP contribution is 2.42. The highest BCUT2D eigenvalue weighted by molar-refractivity contribution is 5.30. The van der Waals surface area contributed by atoms with E-state index < -0.39 is 0 Å². The largest absolute Gasteiger partial charge is 0.497 e. The van der Waals surface area contributed by atoms with E-state index in [0.717, 1.165) is 25.2 Å². The van der Waals surface area contributed by atoms with E-state index in [1.807, 2.05) is 0 Å². The SMILES string of the molecule is COc1ccc(C(C(C)C)C2CCOC(C)(C)C2)cc1. The Hall–Kier alpha value is -1.02. The van der Waals surface area contributed by atoms with Gasteiger partial charge in [-0.15, -0.1) is 0 Å². The predicted molar refractivity (Wildman–Crippen MR) is 83.3 cm³/mol. The number of benzene rings is 1. The lowest BCUT2D eigenvalue weighted by atomic mass is 9.72. The van der Waals surface area contributed by atoms with Crippen LogP contribution in [-0.2, 0) is 4.74 Å². The molecule has 0 spiro atoms. The summed E-state index contributed by atoms with van der Waals surface area (Å²) in [6, 6.07) is 8.61. The number of hydrogen-bond acceptors (Lipinski definition) is 2. The van der Waals surface area contributed by atoms with Gasteiger partial charge in [0.2, 0.25) is 0 Å². The Morgan fingerprint density at radius 3 is 2.35 bits per heavy atom. The first-order chi connectivity index (χ1) is 9.43. The highest BCUT2D eigenvalue weighted by atomic mass is 16.5. The van der Waals surface area contributed by atoms with Crippen LogP contribution in [0.3, 0.4) is 0 Å². The van der Waals surface area contributed by atoms with Gasteiger partial charge in [0, 0.05) is 6.61 Å². The van der Waals surface area contributed by atoms with Gasteiger partial charge in [0.25, 0.3) is 0 Å². The average Bonchev–Trinajstić information content (AvgIpc) is 2.38. The van der Waals surface area contributed by atoms with Crippen molar-refractivity contribution in [2.24, 2.45) is 11.8 Å². The molecule has 1 saturated heterocycles. The summed E-state index contributed by atoms with van der Waals surface area (Å²) in [5.74, 6) is 2.88. The van der Waals surface area contributed by atoms with Gasteiger partial charge in [0.1, 0.15) is 5.75 Å². The standard InChI is InChI=1S/C18H28O2/c1-13(2)17(14-6-8-16(19-5)9-7-14)15-10-11-20-18(3,4)12-15/h6-9,13,15,17H,10-12H2,1-5H3. The van der Waals surface area contributed by atoms with Gasteiger partial charge in [-0.1, -0.05) is 26.0 Å². The maximum absolute atomic E-state index is 5.88. The highest BCUT2D eigenvalue weighted by Gasteiger charge is 2.35. The Bertz CT molecular complexity index is 420. The van der Waals surface area contributed by atoms with E-state index in [9.17, 15) is 0 Å². The van der Waals surface area contributed by atoms with Crippen molar-refractivity contribution in [1.82, 2.24) is 0 Å². The molecule has 0 aliphatic carbocycles. The molecule has 1 aliphatic heterocycles. The van der Waals surface area contributed by atoms with Gasteiger partial charge in [-0.2, -0.15) is 0 Å². The molecule has 112 valence electrons. The first-order valence-corrected chi connectivity index (χ1v) is 7.71. The first kappa shape index (κ1) is 15.4. The molecule has 1 fully saturated rings. The summed E-state index contributed by atoms with van der Waals surface area (Å²) < 4.78 is 11.1. The van der Waals surface area contributed by atoms with Crippen molar-refractivity contribution in [3.8, 4) is 5.75 Å². The number of rotatable bonds is 4. The van der Waals surface area contributed by atoms with Gasteiger partial charge in [0.05, 0.1) is 12.7 Å². The van der Waals surface area contributed by atoms with Gasteiger partial charge in [-0.25, -0.2) is 0 Å². The molecular weight excluding hydrogens is 248 g/mol. The molecule has 1 aliphatic rings. The Morgan fingerprint density at radius 1 is 1.20 bits per heavy atom. The second-order valence-electron chi connectivity index (χ2n) is 6.90. The minimum absolute atomic E-state index is 0.0164. The molecule has 2 atom stereocenters. The molecule has 0 amide bonds. The zero-order chi connectivity index (χ0) is 14.8. The lowest BCUT2D eigenvalue weighted by molar-refractivity contribution is -0.0791. The van der Waals surface area contributed by atoms with Crippen LogP contribution < -0.4 is 4.74 Å². The second kappa shape index (κ2) is 6.17. The van der Waals surface area contributed by atoms with Crippen LogP contribution in [0, 0.1) is 11.8 Å². The number of ether oxygens (including phenoxy) is 2. The molecule has 0 aromatic heterocycles. The number of hydrogen-bond donors (Lipinski definition) is 0. The van der Waals surface area contributed by atoms with E-state index in [2.05, 4.69) is 52.0 Å². The molecule has 0 N–H and O–H groups in total. The summed E-state index contributed by atoms with van der Waals surface area (Å²) in [5, 5.41) is 0. The minimum atomic E-state index is 0.0164. The Balaban J connectivity index is 2.21. The van der Waals surface area contributed by atoms with E-state index in [-0.39, 0.29) is 5.60 Å². The van der Waals surface area contributed by atoms with Crippen LogP contribution in [0.5, 0.6) is 5.75 Å². The topological polar surface area (TPSA) is 18.5 Å². The fourth-order valence-corrected chi connectivity index (χ4v) is 3.61. The smallest absolute Gasteiger partial charge is 0.118 e. The Kier molecular flexibility index (Phi) is 4.74. The zero-order valence-corrected chi connectivity index (χ0v) is 13.5. The van der Waals surface area contributed by atoms with Crippen LogP contribution in [0.4, 0.5) is 0 Å². The van der Waals surface area contributed by atoms with Crippen molar-refractivity contribution in [3.63, 3.8) is 0 Å². The third-order valence-corrected chi connectivity index (χ3v) is 4.46. The molecule has 20 heavy (non-hydrogen) atoms. The summed E-state index contributed by atoms with van der Waals surface area (Å²) in [6.07, 6.45) is 2.31. The molecule has 0 saturated carbocycles. The van der Waals surface area contributed by atoms with E-state index in [1.165, 1.54) is 5.56 Å². The van der Waals surface area contributed by atoms with Gasteiger partial charge in [0.15, 0.2) is 0 Å². The van der Waals surface area contributed by atoms with Gasteiger partial charge < -0.3 is 9.47 Å². The quantitative estimate of drug-likeness (QED) is 0.797. The molecule has 2 nitrogen and oxygen atoms in total. The van der Waals surface area contributed by atoms with Crippen LogP contribution in [-0.4, -0.2) is 19.3 Å². The summed E-state index contributed by atoms with van der Waals surface area (Å²) >= 11 is 0. The Labute approximate surface area is 123 Å². The van der Waals surface area contributed by atoms with E-state index >= 15 is 0 Å². The van der Waals surface area contributed by atoms with Crippen molar-refractivity contribution >= 4 is 0 Å². The summed E-state index contributed by atoms with van der Waals surface area (Å²) in [6.45, 7) is 9.97.